The summed E-state index contributed by atoms with van der Waals surface area (Å²) in [6, 6.07) is 7.17. The van der Waals surface area contributed by atoms with Crippen molar-refractivity contribution in [3.05, 3.63) is 52.5 Å². The number of carbonyl (C=O) groups excluding carboxylic acids is 2. The molecule has 2 aromatic heterocycles. The number of amides is 2. The van der Waals surface area contributed by atoms with Crippen molar-refractivity contribution >= 4 is 44.5 Å². The van der Waals surface area contributed by atoms with E-state index >= 15 is 0 Å². The summed E-state index contributed by atoms with van der Waals surface area (Å²) in [5, 5.41) is 0.0195. The number of piperazine rings is 1. The summed E-state index contributed by atoms with van der Waals surface area (Å²) >= 11 is 5.87. The van der Waals surface area contributed by atoms with Crippen LogP contribution in [-0.2, 0) is 20.2 Å². The molecule has 0 bridgehead atoms. The molecule has 0 saturated carbocycles. The second kappa shape index (κ2) is 9.81. The molecule has 2 amide bonds. The Labute approximate surface area is 237 Å². The van der Waals surface area contributed by atoms with E-state index in [0.717, 1.165) is 5.56 Å². The molecule has 40 heavy (non-hydrogen) atoms. The number of rotatable bonds is 3. The third-order valence-electron chi connectivity index (χ3n) is 7.47. The number of nitrogens with one attached hydrogen (secondary N) is 1. The molecule has 1 N–H and O–H groups in total. The fraction of sp³-hybridized carbons (Fsp3) is 0.464. The van der Waals surface area contributed by atoms with Crippen LogP contribution in [0.1, 0.15) is 57.2 Å². The van der Waals surface area contributed by atoms with E-state index in [1.807, 2.05) is 40.7 Å². The fourth-order valence-corrected chi connectivity index (χ4v) is 6.78. The van der Waals surface area contributed by atoms with Crippen LogP contribution in [0.25, 0.3) is 22.4 Å². The minimum Gasteiger partial charge on any atom is -0.449 e. The largest absolute Gasteiger partial charge is 0.449 e. The number of halogens is 2. The molecule has 12 heteroatoms. The van der Waals surface area contributed by atoms with Gasteiger partial charge in [0.1, 0.15) is 17.4 Å². The van der Waals surface area contributed by atoms with Crippen LogP contribution in [0.4, 0.5) is 4.39 Å². The Morgan fingerprint density at radius 2 is 1.90 bits per heavy atom. The number of pyridine rings is 1. The SMILES string of the molecule is CC(C)(C)c1cc(-c2ccc(Cl)c(F)c2)nc2cc(C(=O)N3CCN(C(=O)[C@H]4CCS(=O)(=O)N4)CC3(C)C)oc12. The molecule has 2 aliphatic rings. The third-order valence-corrected chi connectivity index (χ3v) is 9.19. The average Bonchev–Trinajstić information content (AvgIpc) is 3.45. The van der Waals surface area contributed by atoms with Crippen LogP contribution in [-0.4, -0.2) is 72.0 Å². The van der Waals surface area contributed by atoms with Crippen molar-refractivity contribution in [3.63, 3.8) is 0 Å². The van der Waals surface area contributed by atoms with E-state index in [0.29, 0.717) is 22.4 Å². The molecule has 214 valence electrons. The van der Waals surface area contributed by atoms with Crippen molar-refractivity contribution in [1.82, 2.24) is 19.5 Å². The van der Waals surface area contributed by atoms with Gasteiger partial charge in [-0.05, 0) is 43.9 Å². The standard InChI is InChI=1S/C28H32ClFN4O5S/c1-27(2,3)17-13-21(16-6-7-18(29)19(30)12-16)31-22-14-23(39-24(17)22)26(36)34-10-9-33(15-28(34,4)5)25(35)20-8-11-40(37,38)32-20/h6-7,12-14,20,32H,8-11,15H2,1-5H3/t20-/m1/s1. The lowest BCUT2D eigenvalue weighted by Gasteiger charge is -2.47. The average molecular weight is 591 g/mol. The summed E-state index contributed by atoms with van der Waals surface area (Å²) in [5.41, 5.74) is 1.74. The number of furan rings is 1. The van der Waals surface area contributed by atoms with Gasteiger partial charge >= 0.3 is 0 Å². The molecule has 1 aromatic carbocycles. The Balaban J connectivity index is 1.44. The van der Waals surface area contributed by atoms with E-state index in [2.05, 4.69) is 9.71 Å². The quantitative estimate of drug-likeness (QED) is 0.486. The number of fused-ring (bicyclic) bond motifs is 1. The number of nitrogens with zero attached hydrogens (tertiary/aromatic N) is 3. The van der Waals surface area contributed by atoms with Crippen molar-refractivity contribution in [2.45, 2.75) is 58.0 Å². The first-order valence-corrected chi connectivity index (χ1v) is 15.1. The predicted molar refractivity (Wildman–Crippen MR) is 150 cm³/mol. The molecule has 0 aliphatic carbocycles. The number of carbonyl (C=O) groups is 2. The maximum atomic E-state index is 14.2. The molecule has 0 spiro atoms. The van der Waals surface area contributed by atoms with Gasteiger partial charge in [0.25, 0.3) is 5.91 Å². The number of aromatic nitrogens is 1. The van der Waals surface area contributed by atoms with E-state index in [9.17, 15) is 22.4 Å². The van der Waals surface area contributed by atoms with Crippen LogP contribution in [0.3, 0.4) is 0 Å². The van der Waals surface area contributed by atoms with Crippen LogP contribution < -0.4 is 4.72 Å². The van der Waals surface area contributed by atoms with Crippen molar-refractivity contribution in [1.29, 1.82) is 0 Å². The fourth-order valence-electron chi connectivity index (χ4n) is 5.34. The highest BCUT2D eigenvalue weighted by Crippen LogP contribution is 2.36. The molecule has 2 aliphatic heterocycles. The lowest BCUT2D eigenvalue weighted by Crippen LogP contribution is -2.63. The molecule has 2 saturated heterocycles. The molecule has 1 atom stereocenters. The second-order valence-electron chi connectivity index (χ2n) is 12.1. The van der Waals surface area contributed by atoms with E-state index in [1.54, 1.807) is 21.9 Å². The molecule has 5 rings (SSSR count). The molecular formula is C28H32ClFN4O5S. The summed E-state index contributed by atoms with van der Waals surface area (Å²) in [6.45, 7) is 10.5. The van der Waals surface area contributed by atoms with Gasteiger partial charge in [-0.1, -0.05) is 38.4 Å². The molecular weight excluding hydrogens is 559 g/mol. The van der Waals surface area contributed by atoms with Gasteiger partial charge in [-0.25, -0.2) is 22.5 Å². The second-order valence-corrected chi connectivity index (χ2v) is 14.3. The van der Waals surface area contributed by atoms with Crippen molar-refractivity contribution < 1.29 is 26.8 Å². The number of sulfonamides is 1. The Morgan fingerprint density at radius 1 is 1.18 bits per heavy atom. The molecule has 0 radical (unpaired) electrons. The topological polar surface area (TPSA) is 113 Å². The Bertz CT molecular complexity index is 1630. The molecule has 4 heterocycles. The lowest BCUT2D eigenvalue weighted by molar-refractivity contribution is -0.137. The van der Waals surface area contributed by atoms with Crippen LogP contribution in [0.15, 0.2) is 34.7 Å². The Kier molecular flexibility index (Phi) is 6.99. The van der Waals surface area contributed by atoms with Gasteiger partial charge in [0.2, 0.25) is 15.9 Å². The summed E-state index contributed by atoms with van der Waals surface area (Å²) in [7, 11) is -3.42. The van der Waals surface area contributed by atoms with Gasteiger partial charge in [-0.2, -0.15) is 0 Å². The minimum absolute atomic E-state index is 0.0195. The zero-order valence-corrected chi connectivity index (χ0v) is 24.6. The maximum absolute atomic E-state index is 14.2. The Hall–Kier alpha value is -3.02. The van der Waals surface area contributed by atoms with Crippen LogP contribution >= 0.6 is 11.6 Å². The van der Waals surface area contributed by atoms with Crippen molar-refractivity contribution in [3.8, 4) is 11.3 Å². The van der Waals surface area contributed by atoms with Gasteiger partial charge in [0.05, 0.1) is 22.0 Å². The zero-order chi connectivity index (χ0) is 29.2. The van der Waals surface area contributed by atoms with E-state index < -0.39 is 27.4 Å². The van der Waals surface area contributed by atoms with Gasteiger partial charge in [0, 0.05) is 36.8 Å². The Morgan fingerprint density at radius 3 is 2.50 bits per heavy atom. The number of benzene rings is 1. The van der Waals surface area contributed by atoms with E-state index in [1.165, 1.54) is 12.1 Å². The zero-order valence-electron chi connectivity index (χ0n) is 23.0. The summed E-state index contributed by atoms with van der Waals surface area (Å²) in [6.07, 6.45) is 0.230. The van der Waals surface area contributed by atoms with Gasteiger partial charge in [-0.15, -0.1) is 0 Å². The molecule has 0 unspecified atom stereocenters. The maximum Gasteiger partial charge on any atom is 0.290 e. The molecule has 3 aromatic rings. The highest BCUT2D eigenvalue weighted by atomic mass is 35.5. The van der Waals surface area contributed by atoms with E-state index in [-0.39, 0.29) is 59.8 Å². The van der Waals surface area contributed by atoms with Crippen LogP contribution in [0.5, 0.6) is 0 Å². The minimum atomic E-state index is -3.42. The van der Waals surface area contributed by atoms with E-state index in [4.69, 9.17) is 16.0 Å². The van der Waals surface area contributed by atoms with Crippen molar-refractivity contribution in [2.24, 2.45) is 0 Å². The van der Waals surface area contributed by atoms with Crippen LogP contribution in [0.2, 0.25) is 5.02 Å². The summed E-state index contributed by atoms with van der Waals surface area (Å²) in [4.78, 5) is 34.7. The lowest BCUT2D eigenvalue weighted by atomic mass is 9.86. The van der Waals surface area contributed by atoms with Crippen LogP contribution in [0, 0.1) is 5.82 Å². The van der Waals surface area contributed by atoms with Gasteiger partial charge < -0.3 is 14.2 Å². The first-order valence-electron chi connectivity index (χ1n) is 13.1. The smallest absolute Gasteiger partial charge is 0.290 e. The monoisotopic (exact) mass is 590 g/mol. The van der Waals surface area contributed by atoms with Gasteiger partial charge in [-0.3, -0.25) is 9.59 Å². The number of hydrogen-bond donors (Lipinski definition) is 1. The molecule has 9 nitrogen and oxygen atoms in total. The first kappa shape index (κ1) is 28.5. The summed E-state index contributed by atoms with van der Waals surface area (Å²) in [5.74, 6) is -1.13. The van der Waals surface area contributed by atoms with Gasteiger partial charge in [0.15, 0.2) is 11.3 Å². The summed E-state index contributed by atoms with van der Waals surface area (Å²) < 4.78 is 46.3. The highest BCUT2D eigenvalue weighted by Gasteiger charge is 2.43. The number of hydrogen-bond acceptors (Lipinski definition) is 6. The highest BCUT2D eigenvalue weighted by molar-refractivity contribution is 7.89. The van der Waals surface area contributed by atoms with Crippen molar-refractivity contribution in [2.75, 3.05) is 25.4 Å². The normalized spacial score (nSPS) is 20.7. The predicted octanol–water partition coefficient (Wildman–Crippen LogP) is 4.34. The first-order chi connectivity index (χ1) is 18.6. The molecule has 2 fully saturated rings. The third kappa shape index (κ3) is 5.34.